The SMILES string of the molecule is Cc1ccc(C(=O)NCCC2Sc3cc(O)ccc3N2C)cc1. The predicted molar refractivity (Wildman–Crippen MR) is 94.3 cm³/mol. The van der Waals surface area contributed by atoms with Crippen molar-refractivity contribution in [3.63, 3.8) is 0 Å². The minimum atomic E-state index is -0.0363. The number of phenols is 1. The number of carbonyl (C=O) groups is 1. The Bertz CT molecular complexity index is 715. The van der Waals surface area contributed by atoms with E-state index in [9.17, 15) is 9.90 Å². The van der Waals surface area contributed by atoms with Crippen LogP contribution < -0.4 is 10.2 Å². The molecule has 5 heteroatoms. The first kappa shape index (κ1) is 15.7. The van der Waals surface area contributed by atoms with E-state index in [1.54, 1.807) is 23.9 Å². The zero-order valence-corrected chi connectivity index (χ0v) is 14.1. The Morgan fingerprint density at radius 2 is 2.00 bits per heavy atom. The molecule has 2 aromatic carbocycles. The van der Waals surface area contributed by atoms with Gasteiger partial charge in [0.2, 0.25) is 0 Å². The number of phenolic OH excluding ortho intramolecular Hbond substituents is 1. The van der Waals surface area contributed by atoms with Gasteiger partial charge in [-0.15, -0.1) is 0 Å². The summed E-state index contributed by atoms with van der Waals surface area (Å²) < 4.78 is 0. The number of rotatable bonds is 4. The first-order chi connectivity index (χ1) is 11.0. The van der Waals surface area contributed by atoms with E-state index in [-0.39, 0.29) is 17.0 Å². The molecule has 1 unspecified atom stereocenters. The summed E-state index contributed by atoms with van der Waals surface area (Å²) in [6.45, 7) is 2.62. The van der Waals surface area contributed by atoms with Crippen LogP contribution in [0.1, 0.15) is 22.3 Å². The van der Waals surface area contributed by atoms with E-state index >= 15 is 0 Å². The van der Waals surface area contributed by atoms with E-state index in [0.717, 1.165) is 22.6 Å². The van der Waals surface area contributed by atoms with Crippen LogP contribution in [0.2, 0.25) is 0 Å². The van der Waals surface area contributed by atoms with E-state index in [2.05, 4.69) is 10.2 Å². The summed E-state index contributed by atoms with van der Waals surface area (Å²) in [6, 6.07) is 13.0. The maximum Gasteiger partial charge on any atom is 0.251 e. The normalized spacial score (nSPS) is 16.3. The van der Waals surface area contributed by atoms with Crippen molar-refractivity contribution >= 4 is 23.4 Å². The third-order valence-electron chi connectivity index (χ3n) is 4.01. The highest BCUT2D eigenvalue weighted by molar-refractivity contribution is 8.00. The molecule has 0 saturated carbocycles. The highest BCUT2D eigenvalue weighted by atomic mass is 32.2. The van der Waals surface area contributed by atoms with Crippen LogP contribution in [0.15, 0.2) is 47.4 Å². The monoisotopic (exact) mass is 328 g/mol. The smallest absolute Gasteiger partial charge is 0.251 e. The van der Waals surface area contributed by atoms with Gasteiger partial charge in [-0.3, -0.25) is 4.79 Å². The molecule has 4 nitrogen and oxygen atoms in total. The van der Waals surface area contributed by atoms with Crippen LogP contribution in [0.5, 0.6) is 5.75 Å². The van der Waals surface area contributed by atoms with Gasteiger partial charge in [-0.25, -0.2) is 0 Å². The van der Waals surface area contributed by atoms with Gasteiger partial charge in [0.25, 0.3) is 5.91 Å². The number of fused-ring (bicyclic) bond motifs is 1. The molecule has 1 atom stereocenters. The van der Waals surface area contributed by atoms with Gasteiger partial charge >= 0.3 is 0 Å². The summed E-state index contributed by atoms with van der Waals surface area (Å²) in [7, 11) is 2.04. The summed E-state index contributed by atoms with van der Waals surface area (Å²) >= 11 is 1.72. The molecular weight excluding hydrogens is 308 g/mol. The number of carbonyl (C=O) groups excluding carboxylic acids is 1. The maximum atomic E-state index is 12.1. The maximum absolute atomic E-state index is 12.1. The van der Waals surface area contributed by atoms with Crippen molar-refractivity contribution in [3.05, 3.63) is 53.6 Å². The van der Waals surface area contributed by atoms with E-state index in [0.29, 0.717) is 12.1 Å². The van der Waals surface area contributed by atoms with Gasteiger partial charge in [0.15, 0.2) is 0 Å². The minimum Gasteiger partial charge on any atom is -0.508 e. The van der Waals surface area contributed by atoms with E-state index in [1.807, 2.05) is 44.3 Å². The number of amides is 1. The summed E-state index contributed by atoms with van der Waals surface area (Å²) in [5, 5.41) is 12.8. The molecule has 1 aliphatic rings. The highest BCUT2D eigenvalue weighted by Crippen LogP contribution is 2.44. The Labute approximate surface area is 140 Å². The molecule has 2 aromatic rings. The zero-order valence-electron chi connectivity index (χ0n) is 13.2. The van der Waals surface area contributed by atoms with Crippen molar-refractivity contribution in [1.29, 1.82) is 0 Å². The van der Waals surface area contributed by atoms with Gasteiger partial charge in [0, 0.05) is 24.1 Å². The first-order valence-electron chi connectivity index (χ1n) is 7.62. The van der Waals surface area contributed by atoms with Gasteiger partial charge in [-0.05, 0) is 43.7 Å². The summed E-state index contributed by atoms with van der Waals surface area (Å²) in [4.78, 5) is 15.4. The lowest BCUT2D eigenvalue weighted by Crippen LogP contribution is -2.31. The van der Waals surface area contributed by atoms with Crippen LogP contribution in [-0.4, -0.2) is 30.0 Å². The molecule has 0 spiro atoms. The number of benzene rings is 2. The van der Waals surface area contributed by atoms with Gasteiger partial charge in [-0.1, -0.05) is 29.5 Å². The molecule has 0 fully saturated rings. The fraction of sp³-hybridized carbons (Fsp3) is 0.278. The second kappa shape index (κ2) is 6.54. The lowest BCUT2D eigenvalue weighted by Gasteiger charge is -2.21. The van der Waals surface area contributed by atoms with Gasteiger partial charge < -0.3 is 15.3 Å². The summed E-state index contributed by atoms with van der Waals surface area (Å²) in [5.74, 6) is 0.254. The molecule has 0 saturated heterocycles. The van der Waals surface area contributed by atoms with Crippen LogP contribution in [0.4, 0.5) is 5.69 Å². The third-order valence-corrected chi connectivity index (χ3v) is 5.41. The molecule has 0 aliphatic carbocycles. The minimum absolute atomic E-state index is 0.0363. The number of thioether (sulfide) groups is 1. The fourth-order valence-corrected chi connectivity index (χ4v) is 3.96. The average molecular weight is 328 g/mol. The molecular formula is C18H20N2O2S. The number of aromatic hydroxyl groups is 1. The molecule has 120 valence electrons. The molecule has 0 bridgehead atoms. The third kappa shape index (κ3) is 3.45. The van der Waals surface area contributed by atoms with Crippen LogP contribution in [0.3, 0.4) is 0 Å². The Balaban J connectivity index is 1.54. The van der Waals surface area contributed by atoms with E-state index in [4.69, 9.17) is 0 Å². The molecule has 1 heterocycles. The standard InChI is InChI=1S/C18H20N2O2S/c1-12-3-5-13(6-4-12)18(22)19-10-9-17-20(2)15-8-7-14(21)11-16(15)23-17/h3-8,11,17,21H,9-10H2,1-2H3,(H,19,22). The van der Waals surface area contributed by atoms with E-state index in [1.165, 1.54) is 0 Å². The quantitative estimate of drug-likeness (QED) is 0.903. The molecule has 0 radical (unpaired) electrons. The van der Waals surface area contributed by atoms with Gasteiger partial charge in [-0.2, -0.15) is 0 Å². The van der Waals surface area contributed by atoms with Crippen LogP contribution in [-0.2, 0) is 0 Å². The number of anilines is 1. The van der Waals surface area contributed by atoms with Crippen LogP contribution >= 0.6 is 11.8 Å². The first-order valence-corrected chi connectivity index (χ1v) is 8.50. The number of nitrogens with zero attached hydrogens (tertiary/aromatic N) is 1. The van der Waals surface area contributed by atoms with Crippen LogP contribution in [0.25, 0.3) is 0 Å². The van der Waals surface area contributed by atoms with Crippen molar-refractivity contribution in [3.8, 4) is 5.75 Å². The number of aryl methyl sites for hydroxylation is 1. The van der Waals surface area contributed by atoms with Crippen molar-refractivity contribution < 1.29 is 9.90 Å². The van der Waals surface area contributed by atoms with Gasteiger partial charge in [0.05, 0.1) is 11.1 Å². The molecule has 1 aliphatic heterocycles. The Morgan fingerprint density at radius 1 is 1.26 bits per heavy atom. The summed E-state index contributed by atoms with van der Waals surface area (Å²) in [5.41, 5.74) is 2.96. The van der Waals surface area contributed by atoms with E-state index < -0.39 is 0 Å². The van der Waals surface area contributed by atoms with Crippen LogP contribution in [0, 0.1) is 6.92 Å². The van der Waals surface area contributed by atoms with Gasteiger partial charge in [0.1, 0.15) is 5.75 Å². The highest BCUT2D eigenvalue weighted by Gasteiger charge is 2.27. The largest absolute Gasteiger partial charge is 0.508 e. The Kier molecular flexibility index (Phi) is 4.48. The predicted octanol–water partition coefficient (Wildman–Crippen LogP) is 3.39. The van der Waals surface area contributed by atoms with Crippen molar-refractivity contribution in [2.45, 2.75) is 23.6 Å². The number of nitrogens with one attached hydrogen (secondary N) is 1. The molecule has 2 N–H and O–H groups in total. The fourth-order valence-electron chi connectivity index (χ4n) is 2.64. The van der Waals surface area contributed by atoms with Crippen molar-refractivity contribution in [2.24, 2.45) is 0 Å². The summed E-state index contributed by atoms with van der Waals surface area (Å²) in [6.07, 6.45) is 0.841. The number of hydrogen-bond acceptors (Lipinski definition) is 4. The second-order valence-corrected chi connectivity index (χ2v) is 6.97. The molecule has 3 rings (SSSR count). The molecule has 0 aromatic heterocycles. The molecule has 23 heavy (non-hydrogen) atoms. The lowest BCUT2D eigenvalue weighted by molar-refractivity contribution is 0.0953. The number of hydrogen-bond donors (Lipinski definition) is 2. The molecule has 1 amide bonds. The lowest BCUT2D eigenvalue weighted by atomic mass is 10.1. The van der Waals surface area contributed by atoms with Crippen molar-refractivity contribution in [2.75, 3.05) is 18.5 Å². The zero-order chi connectivity index (χ0) is 16.4. The Morgan fingerprint density at radius 3 is 2.74 bits per heavy atom. The second-order valence-electron chi connectivity index (χ2n) is 5.75. The topological polar surface area (TPSA) is 52.6 Å². The van der Waals surface area contributed by atoms with Crippen molar-refractivity contribution in [1.82, 2.24) is 5.32 Å². The Hall–Kier alpha value is -2.14. The average Bonchev–Trinajstić information content (AvgIpc) is 2.83.